The maximum Gasteiger partial charge on any atom is 0.138 e. The molecule has 0 aromatic heterocycles. The zero-order valence-corrected chi connectivity index (χ0v) is 11.3. The van der Waals surface area contributed by atoms with Gasteiger partial charge in [0.05, 0.1) is 12.8 Å². The minimum atomic E-state index is 0.729. The lowest BCUT2D eigenvalue weighted by atomic mass is 10.0. The molecule has 0 spiro atoms. The van der Waals surface area contributed by atoms with Crippen LogP contribution in [0.4, 0.5) is 5.69 Å². The van der Waals surface area contributed by atoms with Crippen molar-refractivity contribution in [2.24, 2.45) is 10.1 Å². The highest BCUT2D eigenvalue weighted by molar-refractivity contribution is 6.56. The van der Waals surface area contributed by atoms with Crippen LogP contribution in [0.5, 0.6) is 5.75 Å². The van der Waals surface area contributed by atoms with Gasteiger partial charge < -0.3 is 9.57 Å². The van der Waals surface area contributed by atoms with E-state index in [1.165, 1.54) is 7.11 Å². The third-order valence-corrected chi connectivity index (χ3v) is 3.15. The molecular formula is C16H14N2O2. The maximum atomic E-state index is 5.26. The molecule has 0 saturated heterocycles. The summed E-state index contributed by atoms with van der Waals surface area (Å²) >= 11 is 0. The van der Waals surface area contributed by atoms with Gasteiger partial charge in [-0.2, -0.15) is 0 Å². The minimum absolute atomic E-state index is 0.729. The SMILES string of the molecule is CO/N=C1/C(c2ccccc2)=Nc2ccc(OC)cc21. The van der Waals surface area contributed by atoms with E-state index in [0.29, 0.717) is 0 Å². The zero-order chi connectivity index (χ0) is 13.9. The third kappa shape index (κ3) is 2.05. The highest BCUT2D eigenvalue weighted by atomic mass is 16.6. The van der Waals surface area contributed by atoms with Gasteiger partial charge in [0.1, 0.15) is 24.3 Å². The second-order valence-electron chi connectivity index (χ2n) is 4.33. The number of fused-ring (bicyclic) bond motifs is 1. The second-order valence-corrected chi connectivity index (χ2v) is 4.33. The van der Waals surface area contributed by atoms with Crippen molar-refractivity contribution in [3.63, 3.8) is 0 Å². The Kier molecular flexibility index (Phi) is 3.21. The number of aliphatic imine (C=N–C) groups is 1. The summed E-state index contributed by atoms with van der Waals surface area (Å²) in [6.07, 6.45) is 0. The van der Waals surface area contributed by atoms with Crippen molar-refractivity contribution in [1.29, 1.82) is 0 Å². The quantitative estimate of drug-likeness (QED) is 0.801. The van der Waals surface area contributed by atoms with E-state index in [1.54, 1.807) is 7.11 Å². The molecule has 20 heavy (non-hydrogen) atoms. The molecule has 0 aliphatic carbocycles. The van der Waals surface area contributed by atoms with E-state index < -0.39 is 0 Å². The lowest BCUT2D eigenvalue weighted by Gasteiger charge is -2.05. The van der Waals surface area contributed by atoms with Gasteiger partial charge in [0, 0.05) is 11.1 Å². The van der Waals surface area contributed by atoms with Crippen LogP contribution in [0.15, 0.2) is 58.7 Å². The highest BCUT2D eigenvalue weighted by Gasteiger charge is 2.25. The summed E-state index contributed by atoms with van der Waals surface area (Å²) in [5, 5.41) is 4.13. The van der Waals surface area contributed by atoms with Crippen LogP contribution in [0.1, 0.15) is 11.1 Å². The first-order chi connectivity index (χ1) is 9.83. The minimum Gasteiger partial charge on any atom is -0.497 e. The number of hydrogen-bond donors (Lipinski definition) is 0. The van der Waals surface area contributed by atoms with Gasteiger partial charge in [-0.15, -0.1) is 0 Å². The summed E-state index contributed by atoms with van der Waals surface area (Å²) in [5.41, 5.74) is 4.35. The average molecular weight is 266 g/mol. The Morgan fingerprint density at radius 3 is 2.50 bits per heavy atom. The largest absolute Gasteiger partial charge is 0.497 e. The molecule has 0 saturated carbocycles. The Morgan fingerprint density at radius 1 is 1.00 bits per heavy atom. The van der Waals surface area contributed by atoms with Crippen LogP contribution in [0.3, 0.4) is 0 Å². The van der Waals surface area contributed by atoms with Gasteiger partial charge in [0.2, 0.25) is 0 Å². The Hall–Kier alpha value is -2.62. The second kappa shape index (κ2) is 5.17. The van der Waals surface area contributed by atoms with Gasteiger partial charge in [-0.25, -0.2) is 4.99 Å². The monoisotopic (exact) mass is 266 g/mol. The third-order valence-electron chi connectivity index (χ3n) is 3.15. The molecule has 1 aliphatic heterocycles. The molecule has 0 bridgehead atoms. The van der Waals surface area contributed by atoms with Gasteiger partial charge in [-0.1, -0.05) is 35.5 Å². The number of benzene rings is 2. The van der Waals surface area contributed by atoms with E-state index >= 15 is 0 Å². The summed E-state index contributed by atoms with van der Waals surface area (Å²) in [6, 6.07) is 15.7. The Bertz CT molecular complexity index is 691. The van der Waals surface area contributed by atoms with Gasteiger partial charge in [-0.3, -0.25) is 0 Å². The van der Waals surface area contributed by atoms with Crippen molar-refractivity contribution >= 4 is 17.1 Å². The molecule has 0 fully saturated rings. The van der Waals surface area contributed by atoms with Crippen molar-refractivity contribution < 1.29 is 9.57 Å². The molecule has 0 radical (unpaired) electrons. The Labute approximate surface area is 117 Å². The molecule has 2 aromatic carbocycles. The molecule has 4 nitrogen and oxygen atoms in total. The zero-order valence-electron chi connectivity index (χ0n) is 11.3. The molecule has 100 valence electrons. The van der Waals surface area contributed by atoms with Crippen LogP contribution in [-0.2, 0) is 4.84 Å². The van der Waals surface area contributed by atoms with Crippen LogP contribution in [0, 0.1) is 0 Å². The lowest BCUT2D eigenvalue weighted by molar-refractivity contribution is 0.214. The number of methoxy groups -OCH3 is 1. The first kappa shape index (κ1) is 12.4. The number of nitrogens with zero attached hydrogens (tertiary/aromatic N) is 2. The summed E-state index contributed by atoms with van der Waals surface area (Å²) in [4.78, 5) is 9.62. The van der Waals surface area contributed by atoms with Crippen LogP contribution in [-0.4, -0.2) is 25.6 Å². The predicted octanol–water partition coefficient (Wildman–Crippen LogP) is 3.18. The molecule has 1 heterocycles. The smallest absolute Gasteiger partial charge is 0.138 e. The van der Waals surface area contributed by atoms with E-state index in [2.05, 4.69) is 10.1 Å². The standard InChI is InChI=1S/C16H14N2O2/c1-19-12-8-9-14-13(10-12)16(18-20-2)15(17-14)11-6-4-3-5-7-11/h3-10H,1-2H3/b18-16+. The topological polar surface area (TPSA) is 43.2 Å². The highest BCUT2D eigenvalue weighted by Crippen LogP contribution is 2.32. The van der Waals surface area contributed by atoms with Gasteiger partial charge in [-0.05, 0) is 18.2 Å². The fourth-order valence-electron chi connectivity index (χ4n) is 2.21. The number of hydrogen-bond acceptors (Lipinski definition) is 4. The average Bonchev–Trinajstić information content (AvgIpc) is 2.86. The fraction of sp³-hybridized carbons (Fsp3) is 0.125. The number of ether oxygens (including phenoxy) is 1. The van der Waals surface area contributed by atoms with Crippen molar-refractivity contribution in [3.05, 3.63) is 59.7 Å². The Morgan fingerprint density at radius 2 is 1.80 bits per heavy atom. The molecule has 2 aromatic rings. The fourth-order valence-corrected chi connectivity index (χ4v) is 2.21. The summed E-state index contributed by atoms with van der Waals surface area (Å²) < 4.78 is 5.26. The number of rotatable bonds is 3. The molecule has 1 aliphatic rings. The molecule has 0 atom stereocenters. The van der Waals surface area contributed by atoms with E-state index in [9.17, 15) is 0 Å². The summed E-state index contributed by atoms with van der Waals surface area (Å²) in [5.74, 6) is 0.775. The van der Waals surface area contributed by atoms with Crippen molar-refractivity contribution in [3.8, 4) is 5.75 Å². The first-order valence-corrected chi connectivity index (χ1v) is 6.27. The van der Waals surface area contributed by atoms with Crippen molar-refractivity contribution in [1.82, 2.24) is 0 Å². The van der Waals surface area contributed by atoms with E-state index in [0.717, 1.165) is 34.0 Å². The van der Waals surface area contributed by atoms with Crippen LogP contribution < -0.4 is 4.74 Å². The Balaban J connectivity index is 2.12. The molecule has 4 heteroatoms. The molecule has 0 N–H and O–H groups in total. The number of oxime groups is 1. The van der Waals surface area contributed by atoms with Gasteiger partial charge in [0.15, 0.2) is 0 Å². The lowest BCUT2D eigenvalue weighted by Crippen LogP contribution is -2.13. The maximum absolute atomic E-state index is 5.26. The van der Waals surface area contributed by atoms with Crippen LogP contribution in [0.25, 0.3) is 0 Å². The first-order valence-electron chi connectivity index (χ1n) is 6.27. The van der Waals surface area contributed by atoms with Gasteiger partial charge >= 0.3 is 0 Å². The summed E-state index contributed by atoms with van der Waals surface area (Å²) in [7, 11) is 3.18. The van der Waals surface area contributed by atoms with Crippen LogP contribution >= 0.6 is 0 Å². The van der Waals surface area contributed by atoms with E-state index in [1.807, 2.05) is 48.5 Å². The van der Waals surface area contributed by atoms with E-state index in [-0.39, 0.29) is 0 Å². The predicted molar refractivity (Wildman–Crippen MR) is 79.2 cm³/mol. The van der Waals surface area contributed by atoms with Crippen molar-refractivity contribution in [2.75, 3.05) is 14.2 Å². The molecule has 3 rings (SSSR count). The summed E-state index contributed by atoms with van der Waals surface area (Å²) in [6.45, 7) is 0. The molecule has 0 unspecified atom stereocenters. The molecule has 0 amide bonds. The van der Waals surface area contributed by atoms with E-state index in [4.69, 9.17) is 9.57 Å². The normalized spacial score (nSPS) is 14.9. The molecular weight excluding hydrogens is 252 g/mol. The van der Waals surface area contributed by atoms with Crippen molar-refractivity contribution in [2.45, 2.75) is 0 Å². The van der Waals surface area contributed by atoms with Crippen LogP contribution in [0.2, 0.25) is 0 Å². The van der Waals surface area contributed by atoms with Gasteiger partial charge in [0.25, 0.3) is 0 Å².